The van der Waals surface area contributed by atoms with Gasteiger partial charge in [0.25, 0.3) is 0 Å². The Morgan fingerprint density at radius 2 is 2.22 bits per heavy atom. The Kier molecular flexibility index (Phi) is 6.11. The van der Waals surface area contributed by atoms with Crippen molar-refractivity contribution >= 4 is 11.8 Å². The predicted molar refractivity (Wildman–Crippen MR) is 42.5 cm³/mol. The van der Waals surface area contributed by atoms with Gasteiger partial charge in [0.05, 0.1) is 0 Å². The highest BCUT2D eigenvalue weighted by Crippen LogP contribution is 1.95. The van der Waals surface area contributed by atoms with E-state index in [9.17, 15) is 0 Å². The lowest BCUT2D eigenvalue weighted by Gasteiger charge is -2.02. The molecule has 0 heterocycles. The second-order valence-electron chi connectivity index (χ2n) is 2.04. The fraction of sp³-hybridized carbons (Fsp3) is 0.714. The number of halogens is 1. The molecule has 0 atom stereocenters. The van der Waals surface area contributed by atoms with Crippen LogP contribution in [0.3, 0.4) is 0 Å². The fourth-order valence-corrected chi connectivity index (χ4v) is 0.713. The van der Waals surface area contributed by atoms with Crippen molar-refractivity contribution in [1.82, 2.24) is 4.42 Å². The molecule has 0 aromatic rings. The molecule has 0 unspecified atom stereocenters. The maximum Gasteiger partial charge on any atom is 0.0138 e. The number of rotatable bonds is 4. The number of unbranched alkanes of at least 4 members (excludes halogenated alkanes) is 1. The summed E-state index contributed by atoms with van der Waals surface area (Å²) in [6.45, 7) is 3.00. The van der Waals surface area contributed by atoms with Crippen molar-refractivity contribution in [3.05, 3.63) is 12.2 Å². The standard InChI is InChI=1S/C7H14ClN/c1-3-4-5-6-7-9(2)8/h3-4H,5-7H2,1-2H3/b4-3-. The van der Waals surface area contributed by atoms with Gasteiger partial charge in [0, 0.05) is 13.6 Å². The van der Waals surface area contributed by atoms with Crippen molar-refractivity contribution in [2.75, 3.05) is 13.6 Å². The molecule has 0 rings (SSSR count). The van der Waals surface area contributed by atoms with E-state index in [0.717, 1.165) is 19.4 Å². The van der Waals surface area contributed by atoms with E-state index in [-0.39, 0.29) is 0 Å². The molecular formula is C7H14ClN. The molecule has 0 aliphatic heterocycles. The maximum atomic E-state index is 5.57. The summed E-state index contributed by atoms with van der Waals surface area (Å²) in [7, 11) is 1.87. The van der Waals surface area contributed by atoms with Crippen LogP contribution in [0.2, 0.25) is 0 Å². The summed E-state index contributed by atoms with van der Waals surface area (Å²) in [5.41, 5.74) is 0. The molecule has 0 aliphatic rings. The number of nitrogens with zero attached hydrogens (tertiary/aromatic N) is 1. The van der Waals surface area contributed by atoms with E-state index in [1.807, 2.05) is 14.0 Å². The number of hydrogen-bond donors (Lipinski definition) is 0. The lowest BCUT2D eigenvalue weighted by Crippen LogP contribution is -2.05. The number of hydrogen-bond acceptors (Lipinski definition) is 1. The highest BCUT2D eigenvalue weighted by Gasteiger charge is 1.87. The van der Waals surface area contributed by atoms with E-state index < -0.39 is 0 Å². The van der Waals surface area contributed by atoms with E-state index in [4.69, 9.17) is 11.8 Å². The average Bonchev–Trinajstić information content (AvgIpc) is 1.80. The third-order valence-electron chi connectivity index (χ3n) is 1.07. The van der Waals surface area contributed by atoms with Gasteiger partial charge in [-0.15, -0.1) is 0 Å². The third-order valence-corrected chi connectivity index (χ3v) is 1.24. The van der Waals surface area contributed by atoms with Gasteiger partial charge >= 0.3 is 0 Å². The summed E-state index contributed by atoms with van der Waals surface area (Å²) >= 11 is 5.57. The van der Waals surface area contributed by atoms with E-state index in [1.54, 1.807) is 4.42 Å². The van der Waals surface area contributed by atoms with E-state index in [2.05, 4.69) is 12.2 Å². The molecule has 0 amide bonds. The van der Waals surface area contributed by atoms with Gasteiger partial charge in [-0.05, 0) is 31.5 Å². The maximum absolute atomic E-state index is 5.57. The number of allylic oxidation sites excluding steroid dienone is 2. The molecule has 0 spiro atoms. The predicted octanol–water partition coefficient (Wildman–Crippen LogP) is 2.43. The minimum atomic E-state index is 0.964. The van der Waals surface area contributed by atoms with Gasteiger partial charge in [-0.2, -0.15) is 0 Å². The minimum Gasteiger partial charge on any atom is -0.223 e. The van der Waals surface area contributed by atoms with Crippen LogP contribution in [0.1, 0.15) is 19.8 Å². The first kappa shape index (κ1) is 8.99. The van der Waals surface area contributed by atoms with E-state index in [0.29, 0.717) is 0 Å². The highest BCUT2D eigenvalue weighted by molar-refractivity contribution is 6.13. The lowest BCUT2D eigenvalue weighted by atomic mass is 10.3. The third kappa shape index (κ3) is 7.99. The molecule has 0 saturated heterocycles. The molecule has 0 bridgehead atoms. The van der Waals surface area contributed by atoms with Crippen LogP contribution >= 0.6 is 11.8 Å². The molecule has 1 nitrogen and oxygen atoms in total. The van der Waals surface area contributed by atoms with Gasteiger partial charge < -0.3 is 0 Å². The van der Waals surface area contributed by atoms with Crippen molar-refractivity contribution < 1.29 is 0 Å². The first-order valence-electron chi connectivity index (χ1n) is 3.25. The Morgan fingerprint density at radius 3 is 2.67 bits per heavy atom. The quantitative estimate of drug-likeness (QED) is 0.336. The van der Waals surface area contributed by atoms with Crippen LogP contribution in [0.4, 0.5) is 0 Å². The van der Waals surface area contributed by atoms with Crippen molar-refractivity contribution in [2.24, 2.45) is 0 Å². The molecule has 0 aliphatic carbocycles. The van der Waals surface area contributed by atoms with E-state index >= 15 is 0 Å². The van der Waals surface area contributed by atoms with Crippen LogP contribution in [0, 0.1) is 0 Å². The van der Waals surface area contributed by atoms with Crippen molar-refractivity contribution in [3.63, 3.8) is 0 Å². The summed E-state index contributed by atoms with van der Waals surface area (Å²) in [4.78, 5) is 0. The molecule has 0 aromatic heterocycles. The monoisotopic (exact) mass is 147 g/mol. The molecule has 54 valence electrons. The zero-order valence-corrected chi connectivity index (χ0v) is 6.86. The molecule has 9 heavy (non-hydrogen) atoms. The second-order valence-corrected chi connectivity index (χ2v) is 2.62. The molecule has 0 N–H and O–H groups in total. The summed E-state index contributed by atoms with van der Waals surface area (Å²) in [6.07, 6.45) is 6.49. The van der Waals surface area contributed by atoms with Crippen LogP contribution in [0.5, 0.6) is 0 Å². The molecule has 2 heteroatoms. The normalized spacial score (nSPS) is 11.6. The summed E-state index contributed by atoms with van der Waals surface area (Å²) < 4.78 is 1.68. The summed E-state index contributed by atoms with van der Waals surface area (Å²) in [6, 6.07) is 0. The van der Waals surface area contributed by atoms with Crippen LogP contribution in [-0.2, 0) is 0 Å². The molecule has 0 aromatic carbocycles. The Bertz CT molecular complexity index is 79.0. The average molecular weight is 148 g/mol. The van der Waals surface area contributed by atoms with Gasteiger partial charge in [0.1, 0.15) is 0 Å². The van der Waals surface area contributed by atoms with Crippen LogP contribution < -0.4 is 0 Å². The second kappa shape index (κ2) is 6.12. The minimum absolute atomic E-state index is 0.964. The van der Waals surface area contributed by atoms with Crippen molar-refractivity contribution in [2.45, 2.75) is 19.8 Å². The SMILES string of the molecule is C/C=C\CCCN(C)Cl. The molecule has 0 saturated carbocycles. The van der Waals surface area contributed by atoms with Gasteiger partial charge in [0.15, 0.2) is 0 Å². The topological polar surface area (TPSA) is 3.24 Å². The van der Waals surface area contributed by atoms with Crippen LogP contribution in [0.15, 0.2) is 12.2 Å². The summed E-state index contributed by atoms with van der Waals surface area (Å²) in [5, 5.41) is 0. The molecule has 0 radical (unpaired) electrons. The Labute approximate surface area is 62.4 Å². The van der Waals surface area contributed by atoms with Gasteiger partial charge in [-0.1, -0.05) is 12.2 Å². The Hall–Kier alpha value is -0.0100. The van der Waals surface area contributed by atoms with Crippen molar-refractivity contribution in [1.29, 1.82) is 0 Å². The van der Waals surface area contributed by atoms with Crippen molar-refractivity contribution in [3.8, 4) is 0 Å². The molecular weight excluding hydrogens is 134 g/mol. The largest absolute Gasteiger partial charge is 0.223 e. The smallest absolute Gasteiger partial charge is 0.0138 e. The van der Waals surface area contributed by atoms with Gasteiger partial charge in [0.2, 0.25) is 0 Å². The highest BCUT2D eigenvalue weighted by atomic mass is 35.5. The summed E-state index contributed by atoms with van der Waals surface area (Å²) in [5.74, 6) is 0. The fourth-order valence-electron chi connectivity index (χ4n) is 0.594. The van der Waals surface area contributed by atoms with E-state index in [1.165, 1.54) is 0 Å². The lowest BCUT2D eigenvalue weighted by molar-refractivity contribution is 0.530. The zero-order chi connectivity index (χ0) is 7.11. The van der Waals surface area contributed by atoms with Gasteiger partial charge in [-0.25, -0.2) is 4.42 Å². The first-order valence-corrected chi connectivity index (χ1v) is 3.59. The Morgan fingerprint density at radius 1 is 1.56 bits per heavy atom. The van der Waals surface area contributed by atoms with Crippen LogP contribution in [0.25, 0.3) is 0 Å². The Balaban J connectivity index is 2.91. The van der Waals surface area contributed by atoms with Crippen LogP contribution in [-0.4, -0.2) is 18.0 Å². The van der Waals surface area contributed by atoms with Gasteiger partial charge in [-0.3, -0.25) is 0 Å². The first-order chi connectivity index (χ1) is 4.27. The zero-order valence-electron chi connectivity index (χ0n) is 6.10. The molecule has 0 fully saturated rings.